The highest BCUT2D eigenvalue weighted by Gasteiger charge is 2.51. The normalized spacial score (nSPS) is 31.4. The molecule has 2 aliphatic rings. The Labute approximate surface area is 160 Å². The van der Waals surface area contributed by atoms with Gasteiger partial charge in [0.1, 0.15) is 17.7 Å². The topological polar surface area (TPSA) is 120 Å². The summed E-state index contributed by atoms with van der Waals surface area (Å²) in [6.07, 6.45) is 10.8. The van der Waals surface area contributed by atoms with Crippen LogP contribution in [0.5, 0.6) is 0 Å². The second-order valence-electron chi connectivity index (χ2n) is 7.22. The molecule has 3 unspecified atom stereocenters. The molecule has 5 N–H and O–H groups in total. The lowest BCUT2D eigenvalue weighted by Gasteiger charge is -2.47. The first-order valence-electron chi connectivity index (χ1n) is 8.85. The Morgan fingerprint density at radius 1 is 1.38 bits per heavy atom. The number of alkyl halides is 1. The number of nitrogens with zero attached hydrogens (tertiary/aromatic N) is 5. The highest BCUT2D eigenvalue weighted by Crippen LogP contribution is 2.41. The van der Waals surface area contributed by atoms with Gasteiger partial charge in [0.2, 0.25) is 5.96 Å². The molecule has 3 atom stereocenters. The van der Waals surface area contributed by atoms with Crippen molar-refractivity contribution < 1.29 is 0 Å². The number of aliphatic imine (C=N–C) groups is 1. The van der Waals surface area contributed by atoms with Crippen LogP contribution in [-0.2, 0) is 0 Å². The highest BCUT2D eigenvalue weighted by molar-refractivity contribution is 9.09. The van der Waals surface area contributed by atoms with Gasteiger partial charge in [0, 0.05) is 18.0 Å². The van der Waals surface area contributed by atoms with E-state index in [1.807, 2.05) is 19.2 Å². The van der Waals surface area contributed by atoms with Crippen LogP contribution in [0.4, 0.5) is 0 Å². The molecule has 1 aliphatic heterocycles. The van der Waals surface area contributed by atoms with Crippen LogP contribution in [0.15, 0.2) is 36.0 Å². The van der Waals surface area contributed by atoms with Crippen LogP contribution in [0.25, 0.3) is 11.3 Å². The van der Waals surface area contributed by atoms with Gasteiger partial charge in [-0.15, -0.1) is 0 Å². The van der Waals surface area contributed by atoms with Crippen molar-refractivity contribution >= 4 is 21.9 Å². The van der Waals surface area contributed by atoms with Crippen molar-refractivity contribution in [2.45, 2.75) is 48.8 Å². The van der Waals surface area contributed by atoms with Crippen molar-refractivity contribution in [3.63, 3.8) is 0 Å². The second kappa shape index (κ2) is 6.40. The van der Waals surface area contributed by atoms with Crippen LogP contribution in [0.2, 0.25) is 0 Å². The molecular formula is C17H23BrN8. The maximum Gasteiger partial charge on any atom is 0.222 e. The summed E-state index contributed by atoms with van der Waals surface area (Å²) in [5.74, 6) is 1.20. The molecule has 0 spiro atoms. The number of nitrogens with one attached hydrogen (secondary N) is 1. The molecule has 4 rings (SSSR count). The quantitative estimate of drug-likeness (QED) is 0.645. The lowest BCUT2D eigenvalue weighted by atomic mass is 9.88. The maximum atomic E-state index is 6.76. The predicted molar refractivity (Wildman–Crippen MR) is 103 cm³/mol. The molecule has 0 saturated heterocycles. The number of nitrogens with two attached hydrogens (primary N) is 2. The van der Waals surface area contributed by atoms with Crippen molar-refractivity contribution in [2.24, 2.45) is 22.4 Å². The zero-order valence-corrected chi connectivity index (χ0v) is 16.2. The lowest BCUT2D eigenvalue weighted by Crippen LogP contribution is -2.73. The van der Waals surface area contributed by atoms with E-state index in [0.29, 0.717) is 18.3 Å². The highest BCUT2D eigenvalue weighted by atomic mass is 79.9. The first-order chi connectivity index (χ1) is 12.4. The Morgan fingerprint density at radius 3 is 2.85 bits per heavy atom. The molecule has 0 amide bonds. The fourth-order valence-electron chi connectivity index (χ4n) is 3.35. The van der Waals surface area contributed by atoms with Gasteiger partial charge in [-0.1, -0.05) is 35.7 Å². The molecule has 1 fully saturated rings. The standard InChI is InChI=1S/C17H23BrN8/c1-2-16(19)14(18)17(20,7-11-3-4-11)25-15(24-16)26-9-12(8-23-26)13-5-6-21-10-22-13/h5-6,8-11,14H,2-4,7,19-20H2,1H3,(H,24,25). The lowest BCUT2D eigenvalue weighted by molar-refractivity contribution is 0.230. The number of rotatable bonds is 4. The molecular weight excluding hydrogens is 396 g/mol. The summed E-state index contributed by atoms with van der Waals surface area (Å²) < 4.78 is 1.68. The van der Waals surface area contributed by atoms with Crippen LogP contribution >= 0.6 is 15.9 Å². The maximum absolute atomic E-state index is 6.76. The number of hydrogen-bond donors (Lipinski definition) is 3. The molecule has 3 heterocycles. The van der Waals surface area contributed by atoms with Crippen LogP contribution in [-0.4, -0.2) is 41.9 Å². The van der Waals surface area contributed by atoms with Gasteiger partial charge < -0.3 is 16.8 Å². The van der Waals surface area contributed by atoms with Crippen LogP contribution in [0, 0.1) is 5.92 Å². The predicted octanol–water partition coefficient (Wildman–Crippen LogP) is 1.43. The molecule has 26 heavy (non-hydrogen) atoms. The van der Waals surface area contributed by atoms with Gasteiger partial charge in [0.05, 0.1) is 16.7 Å². The Hall–Kier alpha value is -1.84. The average Bonchev–Trinajstić information content (AvgIpc) is 3.31. The van der Waals surface area contributed by atoms with E-state index in [4.69, 9.17) is 16.5 Å². The summed E-state index contributed by atoms with van der Waals surface area (Å²) in [6.45, 7) is 2.02. The monoisotopic (exact) mass is 418 g/mol. The Morgan fingerprint density at radius 2 is 2.19 bits per heavy atom. The molecule has 0 aromatic carbocycles. The smallest absolute Gasteiger partial charge is 0.222 e. The first kappa shape index (κ1) is 17.6. The van der Waals surface area contributed by atoms with Gasteiger partial charge in [0.25, 0.3) is 0 Å². The average molecular weight is 419 g/mol. The van der Waals surface area contributed by atoms with Crippen LogP contribution in [0.1, 0.15) is 32.6 Å². The Balaban J connectivity index is 1.68. The summed E-state index contributed by atoms with van der Waals surface area (Å²) in [7, 11) is 0. The van der Waals surface area contributed by atoms with E-state index in [1.54, 1.807) is 17.1 Å². The van der Waals surface area contributed by atoms with E-state index in [-0.39, 0.29) is 4.83 Å². The van der Waals surface area contributed by atoms with Gasteiger partial charge in [-0.25, -0.2) is 19.6 Å². The van der Waals surface area contributed by atoms with E-state index in [2.05, 4.69) is 36.3 Å². The van der Waals surface area contributed by atoms with Crippen molar-refractivity contribution in [3.8, 4) is 11.3 Å². The molecule has 1 saturated carbocycles. The van der Waals surface area contributed by atoms with E-state index in [0.717, 1.165) is 17.7 Å². The fraction of sp³-hybridized carbons (Fsp3) is 0.529. The molecule has 0 bridgehead atoms. The van der Waals surface area contributed by atoms with E-state index < -0.39 is 11.3 Å². The van der Waals surface area contributed by atoms with Gasteiger partial charge in [0.15, 0.2) is 0 Å². The fourth-order valence-corrected chi connectivity index (χ4v) is 4.08. The molecule has 2 aromatic rings. The van der Waals surface area contributed by atoms with Crippen LogP contribution in [0.3, 0.4) is 0 Å². The van der Waals surface area contributed by atoms with E-state index in [9.17, 15) is 0 Å². The van der Waals surface area contributed by atoms with Crippen molar-refractivity contribution in [1.82, 2.24) is 25.1 Å². The molecule has 138 valence electrons. The minimum atomic E-state index is -0.800. The minimum absolute atomic E-state index is 0.172. The molecule has 0 radical (unpaired) electrons. The summed E-state index contributed by atoms with van der Waals surface area (Å²) in [4.78, 5) is 12.8. The van der Waals surface area contributed by atoms with Gasteiger partial charge in [-0.2, -0.15) is 5.10 Å². The summed E-state index contributed by atoms with van der Waals surface area (Å²) >= 11 is 3.73. The van der Waals surface area contributed by atoms with Gasteiger partial charge in [-0.3, -0.25) is 0 Å². The SMILES string of the molecule is CCC1(N)N=C(n2cc(-c3ccncn3)cn2)NC(N)(CC2CC2)C1Br. The zero-order chi connectivity index (χ0) is 18.4. The van der Waals surface area contributed by atoms with Crippen molar-refractivity contribution in [1.29, 1.82) is 0 Å². The summed E-state index contributed by atoms with van der Waals surface area (Å²) in [5, 5.41) is 7.83. The minimum Gasteiger partial charge on any atom is -0.335 e. The van der Waals surface area contributed by atoms with E-state index in [1.165, 1.54) is 19.2 Å². The molecule has 9 heteroatoms. The Kier molecular flexibility index (Phi) is 4.32. The number of halogens is 1. The Bertz CT molecular complexity index is 817. The number of aromatic nitrogens is 4. The van der Waals surface area contributed by atoms with Gasteiger partial charge in [-0.05, 0) is 24.8 Å². The summed E-state index contributed by atoms with van der Waals surface area (Å²) in [5.41, 5.74) is 13.6. The third-order valence-corrected chi connectivity index (χ3v) is 6.73. The van der Waals surface area contributed by atoms with E-state index >= 15 is 0 Å². The van der Waals surface area contributed by atoms with Crippen molar-refractivity contribution in [3.05, 3.63) is 31.0 Å². The van der Waals surface area contributed by atoms with Gasteiger partial charge >= 0.3 is 0 Å². The van der Waals surface area contributed by atoms with Crippen molar-refractivity contribution in [2.75, 3.05) is 0 Å². The molecule has 8 nitrogen and oxygen atoms in total. The first-order valence-corrected chi connectivity index (χ1v) is 9.76. The zero-order valence-electron chi connectivity index (χ0n) is 14.6. The summed E-state index contributed by atoms with van der Waals surface area (Å²) in [6, 6.07) is 1.84. The molecule has 1 aliphatic carbocycles. The largest absolute Gasteiger partial charge is 0.335 e. The number of hydrogen-bond acceptors (Lipinski definition) is 7. The van der Waals surface area contributed by atoms with Crippen LogP contribution < -0.4 is 16.8 Å². The molecule has 2 aromatic heterocycles. The third kappa shape index (κ3) is 3.15. The second-order valence-corrected chi connectivity index (χ2v) is 8.14. The third-order valence-electron chi connectivity index (χ3n) is 5.12.